The van der Waals surface area contributed by atoms with Gasteiger partial charge in [0.05, 0.1) is 0 Å². The number of nitrogens with one attached hydrogen (secondary N) is 2. The lowest BCUT2D eigenvalue weighted by molar-refractivity contribution is -0.121. The number of ether oxygens (including phenoxy) is 2. The molecule has 0 aliphatic heterocycles. The zero-order valence-corrected chi connectivity index (χ0v) is 25.4. The first-order chi connectivity index (χ1) is 21.2. The number of allylic oxidation sites excluding steroid dienone is 1. The fourth-order valence-electron chi connectivity index (χ4n) is 4.14. The summed E-state index contributed by atoms with van der Waals surface area (Å²) in [7, 11) is 3.23. The Bertz CT molecular complexity index is 1540. The van der Waals surface area contributed by atoms with Crippen molar-refractivity contribution in [1.82, 2.24) is 10.6 Å². The Morgan fingerprint density at radius 3 is 1.70 bits per heavy atom. The maximum Gasteiger partial charge on any atom is 0.244 e. The highest BCUT2D eigenvalue weighted by Crippen LogP contribution is 2.23. The Labute approximate surface area is 257 Å². The van der Waals surface area contributed by atoms with Crippen molar-refractivity contribution in [1.29, 1.82) is 0 Å². The molecule has 1 unspecified atom stereocenters. The standard InChI is InChI=1S/C18H20FNO2.C18H18FNO2/c2*1-13(10-18(21)20-2)15-6-8-17(9-7-15)22-12-14-4-3-5-16(19)11-14/h3-9,11,13H,10,12H2,1-2H3,(H,20,21);3-11H,12H2,1-2H3,(H,20,21). The summed E-state index contributed by atoms with van der Waals surface area (Å²) < 4.78 is 37.4. The first-order valence-electron chi connectivity index (χ1n) is 14.2. The molecule has 0 spiro atoms. The SMILES string of the molecule is CNC(=O)C=C(C)c1ccc(OCc2cccc(F)c2)cc1.CNC(=O)CC(C)c1ccc(OCc2cccc(F)c2)cc1. The van der Waals surface area contributed by atoms with Gasteiger partial charge in [-0.15, -0.1) is 0 Å². The lowest BCUT2D eigenvalue weighted by atomic mass is 9.97. The van der Waals surface area contributed by atoms with Crippen LogP contribution in [0, 0.1) is 11.6 Å². The maximum atomic E-state index is 13.1. The molecule has 4 aromatic rings. The van der Waals surface area contributed by atoms with Crippen molar-refractivity contribution < 1.29 is 27.8 Å². The highest BCUT2D eigenvalue weighted by atomic mass is 19.1. The monoisotopic (exact) mass is 600 g/mol. The lowest BCUT2D eigenvalue weighted by Crippen LogP contribution is -2.19. The molecule has 4 aromatic carbocycles. The third-order valence-corrected chi connectivity index (χ3v) is 6.71. The van der Waals surface area contributed by atoms with Gasteiger partial charge in [-0.3, -0.25) is 9.59 Å². The molecule has 0 aliphatic carbocycles. The molecular formula is C36H38F2N2O4. The van der Waals surface area contributed by atoms with Gasteiger partial charge in [0.2, 0.25) is 11.8 Å². The number of carbonyl (C=O) groups is 2. The minimum atomic E-state index is -0.272. The summed E-state index contributed by atoms with van der Waals surface area (Å²) in [6.07, 6.45) is 2.00. The lowest BCUT2D eigenvalue weighted by Gasteiger charge is -2.12. The summed E-state index contributed by atoms with van der Waals surface area (Å²) in [5, 5.41) is 5.18. The van der Waals surface area contributed by atoms with E-state index >= 15 is 0 Å². The van der Waals surface area contributed by atoms with E-state index in [2.05, 4.69) is 10.6 Å². The molecule has 0 aliphatic rings. The quantitative estimate of drug-likeness (QED) is 0.179. The van der Waals surface area contributed by atoms with Gasteiger partial charge in [-0.05, 0) is 89.2 Å². The molecule has 4 rings (SSSR count). The molecule has 0 saturated carbocycles. The Balaban J connectivity index is 0.000000240. The number of likely N-dealkylation sites (N-methyl/N-ethyl adjacent to an activating group) is 1. The minimum absolute atomic E-state index is 0.0268. The van der Waals surface area contributed by atoms with Gasteiger partial charge in [-0.25, -0.2) is 8.78 Å². The van der Waals surface area contributed by atoms with Crippen LogP contribution >= 0.6 is 0 Å². The molecule has 44 heavy (non-hydrogen) atoms. The topological polar surface area (TPSA) is 76.7 Å². The molecular weight excluding hydrogens is 562 g/mol. The second kappa shape index (κ2) is 17.2. The van der Waals surface area contributed by atoms with Crippen LogP contribution < -0.4 is 20.1 Å². The Morgan fingerprint density at radius 2 is 1.25 bits per heavy atom. The van der Waals surface area contributed by atoms with E-state index in [-0.39, 0.29) is 29.4 Å². The van der Waals surface area contributed by atoms with E-state index in [4.69, 9.17) is 9.47 Å². The van der Waals surface area contributed by atoms with E-state index in [1.165, 1.54) is 24.3 Å². The molecule has 0 fully saturated rings. The largest absolute Gasteiger partial charge is 0.489 e. The van der Waals surface area contributed by atoms with E-state index in [1.807, 2.05) is 74.5 Å². The molecule has 2 N–H and O–H groups in total. The number of hydrogen-bond acceptors (Lipinski definition) is 4. The first kappa shape index (κ1) is 33.5. The van der Waals surface area contributed by atoms with Gasteiger partial charge in [0.1, 0.15) is 36.3 Å². The van der Waals surface area contributed by atoms with Crippen molar-refractivity contribution in [2.45, 2.75) is 39.4 Å². The van der Waals surface area contributed by atoms with Crippen molar-refractivity contribution >= 4 is 17.4 Å². The third-order valence-electron chi connectivity index (χ3n) is 6.71. The number of carbonyl (C=O) groups excluding carboxylic acids is 2. The van der Waals surface area contributed by atoms with Gasteiger partial charge in [0, 0.05) is 26.6 Å². The number of benzene rings is 4. The molecule has 230 valence electrons. The molecule has 0 saturated heterocycles. The van der Waals surface area contributed by atoms with E-state index < -0.39 is 0 Å². The molecule has 8 heteroatoms. The zero-order valence-electron chi connectivity index (χ0n) is 25.4. The average Bonchev–Trinajstić information content (AvgIpc) is 3.03. The van der Waals surface area contributed by atoms with Crippen LogP contribution in [0.4, 0.5) is 8.78 Å². The normalized spacial score (nSPS) is 11.5. The fraction of sp³-hybridized carbons (Fsp3) is 0.222. The van der Waals surface area contributed by atoms with Crippen LogP contribution in [-0.4, -0.2) is 25.9 Å². The fourth-order valence-corrected chi connectivity index (χ4v) is 4.14. The predicted molar refractivity (Wildman–Crippen MR) is 169 cm³/mol. The van der Waals surface area contributed by atoms with Gasteiger partial charge < -0.3 is 20.1 Å². The van der Waals surface area contributed by atoms with Gasteiger partial charge >= 0.3 is 0 Å². The number of rotatable bonds is 11. The predicted octanol–water partition coefficient (Wildman–Crippen LogP) is 7.20. The second-order valence-corrected chi connectivity index (χ2v) is 10.2. The van der Waals surface area contributed by atoms with Crippen molar-refractivity contribution in [2.24, 2.45) is 0 Å². The van der Waals surface area contributed by atoms with Gasteiger partial charge in [0.25, 0.3) is 0 Å². The zero-order chi connectivity index (χ0) is 31.9. The summed E-state index contributed by atoms with van der Waals surface area (Å²) in [6.45, 7) is 4.52. The number of halogens is 2. The molecule has 1 atom stereocenters. The van der Waals surface area contributed by atoms with Crippen LogP contribution in [0.1, 0.15) is 48.4 Å². The number of hydrogen-bond donors (Lipinski definition) is 2. The third kappa shape index (κ3) is 11.4. The van der Waals surface area contributed by atoms with Crippen LogP contribution in [0.2, 0.25) is 0 Å². The van der Waals surface area contributed by atoms with Crippen molar-refractivity contribution in [3.8, 4) is 11.5 Å². The molecule has 2 amide bonds. The Kier molecular flexibility index (Phi) is 13.1. The van der Waals surface area contributed by atoms with Gasteiger partial charge in [-0.2, -0.15) is 0 Å². The summed E-state index contributed by atoms with van der Waals surface area (Å²) in [6, 6.07) is 27.7. The highest BCUT2D eigenvalue weighted by Gasteiger charge is 2.10. The second-order valence-electron chi connectivity index (χ2n) is 10.2. The Morgan fingerprint density at radius 1 is 0.750 bits per heavy atom. The van der Waals surface area contributed by atoms with Gasteiger partial charge in [0.15, 0.2) is 0 Å². The maximum absolute atomic E-state index is 13.1. The van der Waals surface area contributed by atoms with Crippen LogP contribution in [0.3, 0.4) is 0 Å². The molecule has 0 radical (unpaired) electrons. The summed E-state index contributed by atoms with van der Waals surface area (Å²) in [5.41, 5.74) is 4.47. The number of amides is 2. The van der Waals surface area contributed by atoms with Gasteiger partial charge in [-0.1, -0.05) is 55.5 Å². The van der Waals surface area contributed by atoms with E-state index in [0.717, 1.165) is 33.6 Å². The molecule has 0 bridgehead atoms. The molecule has 0 aromatic heterocycles. The van der Waals surface area contributed by atoms with E-state index in [1.54, 1.807) is 32.3 Å². The van der Waals surface area contributed by atoms with Crippen LogP contribution in [-0.2, 0) is 22.8 Å². The first-order valence-corrected chi connectivity index (χ1v) is 14.2. The van der Waals surface area contributed by atoms with Crippen molar-refractivity contribution in [3.05, 3.63) is 137 Å². The van der Waals surface area contributed by atoms with Crippen LogP contribution in [0.25, 0.3) is 5.57 Å². The van der Waals surface area contributed by atoms with Crippen molar-refractivity contribution in [2.75, 3.05) is 14.1 Å². The highest BCUT2D eigenvalue weighted by molar-refractivity contribution is 5.94. The smallest absolute Gasteiger partial charge is 0.244 e. The molecule has 6 nitrogen and oxygen atoms in total. The summed E-state index contributed by atoms with van der Waals surface area (Å²) in [4.78, 5) is 22.7. The summed E-state index contributed by atoms with van der Waals surface area (Å²) in [5.74, 6) is 0.923. The molecule has 0 heterocycles. The van der Waals surface area contributed by atoms with Crippen LogP contribution in [0.5, 0.6) is 11.5 Å². The average molecular weight is 601 g/mol. The van der Waals surface area contributed by atoms with Crippen molar-refractivity contribution in [3.63, 3.8) is 0 Å². The summed E-state index contributed by atoms with van der Waals surface area (Å²) >= 11 is 0. The van der Waals surface area contributed by atoms with E-state index in [0.29, 0.717) is 25.4 Å². The van der Waals surface area contributed by atoms with E-state index in [9.17, 15) is 18.4 Å². The Hall–Kier alpha value is -4.98. The minimum Gasteiger partial charge on any atom is -0.489 e. The van der Waals surface area contributed by atoms with Crippen LogP contribution in [0.15, 0.2) is 103 Å².